The Morgan fingerprint density at radius 1 is 1.23 bits per heavy atom. The number of hydrogen-bond donors (Lipinski definition) is 0. The lowest BCUT2D eigenvalue weighted by Gasteiger charge is -2.26. The van der Waals surface area contributed by atoms with Crippen molar-refractivity contribution < 1.29 is 4.74 Å². The van der Waals surface area contributed by atoms with Crippen LogP contribution in [0.15, 0.2) is 35.3 Å². The highest BCUT2D eigenvalue weighted by Crippen LogP contribution is 2.34. The molecule has 31 heavy (non-hydrogen) atoms. The van der Waals surface area contributed by atoms with Crippen molar-refractivity contribution in [2.24, 2.45) is 0 Å². The Kier molecular flexibility index (Phi) is 5.63. The minimum Gasteiger partial charge on any atom is -0.356 e. The molecule has 0 bridgehead atoms. The highest BCUT2D eigenvalue weighted by molar-refractivity contribution is 6.31. The molecule has 0 amide bonds. The van der Waals surface area contributed by atoms with Crippen molar-refractivity contribution in [3.8, 4) is 0 Å². The van der Waals surface area contributed by atoms with E-state index < -0.39 is 0 Å². The van der Waals surface area contributed by atoms with E-state index >= 15 is 0 Å². The molecule has 3 aromatic rings. The molecule has 0 radical (unpaired) electrons. The van der Waals surface area contributed by atoms with Crippen LogP contribution < -0.4 is 5.56 Å². The zero-order valence-corrected chi connectivity index (χ0v) is 18.4. The van der Waals surface area contributed by atoms with Crippen LogP contribution in [0.4, 0.5) is 0 Å². The van der Waals surface area contributed by atoms with Gasteiger partial charge in [-0.3, -0.25) is 4.79 Å². The zero-order chi connectivity index (χ0) is 21.4. The van der Waals surface area contributed by atoms with Crippen molar-refractivity contribution in [3.63, 3.8) is 0 Å². The van der Waals surface area contributed by atoms with Crippen molar-refractivity contribution >= 4 is 11.6 Å². The normalized spacial score (nSPS) is 21.1. The van der Waals surface area contributed by atoms with Gasteiger partial charge in [0.05, 0.1) is 24.1 Å². The van der Waals surface area contributed by atoms with E-state index in [4.69, 9.17) is 16.3 Å². The summed E-state index contributed by atoms with van der Waals surface area (Å²) in [7, 11) is 0. The molecule has 8 heteroatoms. The van der Waals surface area contributed by atoms with Crippen LogP contribution in [0.5, 0.6) is 0 Å². The Hall–Kier alpha value is -2.51. The van der Waals surface area contributed by atoms with Crippen LogP contribution in [0.1, 0.15) is 65.9 Å². The first-order valence-corrected chi connectivity index (χ1v) is 11.3. The molecule has 0 spiro atoms. The number of aryl methyl sites for hydroxylation is 1. The first-order valence-electron chi connectivity index (χ1n) is 11.0. The van der Waals surface area contributed by atoms with Gasteiger partial charge in [-0.05, 0) is 61.6 Å². The topological polar surface area (TPSA) is 74.8 Å². The van der Waals surface area contributed by atoms with E-state index in [9.17, 15) is 4.79 Å². The van der Waals surface area contributed by atoms with Gasteiger partial charge in [0, 0.05) is 13.0 Å². The quantitative estimate of drug-likeness (QED) is 0.617. The van der Waals surface area contributed by atoms with Gasteiger partial charge in [0.2, 0.25) is 0 Å². The van der Waals surface area contributed by atoms with Crippen LogP contribution in [0.3, 0.4) is 0 Å². The summed E-state index contributed by atoms with van der Waals surface area (Å²) >= 11 is 6.54. The lowest BCUT2D eigenvalue weighted by atomic mass is 9.85. The van der Waals surface area contributed by atoms with Crippen LogP contribution in [0.2, 0.25) is 5.02 Å². The number of nitrogens with zero attached hydrogens (tertiary/aromatic N) is 5. The van der Waals surface area contributed by atoms with Gasteiger partial charge in [0.1, 0.15) is 5.02 Å². The fraction of sp³-hybridized carbons (Fsp3) is 0.478. The molecule has 1 fully saturated rings. The highest BCUT2D eigenvalue weighted by Gasteiger charge is 2.29. The van der Waals surface area contributed by atoms with E-state index in [1.165, 1.54) is 21.5 Å². The van der Waals surface area contributed by atoms with Gasteiger partial charge in [-0.2, -0.15) is 9.78 Å². The van der Waals surface area contributed by atoms with Crippen LogP contribution in [-0.4, -0.2) is 31.4 Å². The van der Waals surface area contributed by atoms with Crippen molar-refractivity contribution in [1.82, 2.24) is 24.8 Å². The molecule has 162 valence electrons. The summed E-state index contributed by atoms with van der Waals surface area (Å²) in [4.78, 5) is 12.9. The monoisotopic (exact) mass is 439 g/mol. The molecule has 0 N–H and O–H groups in total. The Labute approximate surface area is 186 Å². The summed E-state index contributed by atoms with van der Waals surface area (Å²) in [6, 6.07) is 8.35. The molecule has 1 aliphatic carbocycles. The Bertz CT molecular complexity index is 1150. The van der Waals surface area contributed by atoms with E-state index in [-0.39, 0.29) is 22.7 Å². The van der Waals surface area contributed by atoms with Crippen molar-refractivity contribution in [2.75, 3.05) is 6.61 Å². The number of aromatic nitrogens is 5. The maximum Gasteiger partial charge on any atom is 0.288 e. The molecule has 1 aromatic carbocycles. The average molecular weight is 440 g/mol. The van der Waals surface area contributed by atoms with E-state index in [0.29, 0.717) is 13.0 Å². The third kappa shape index (κ3) is 3.92. The first kappa shape index (κ1) is 20.4. The summed E-state index contributed by atoms with van der Waals surface area (Å²) in [5, 5.41) is 13.5. The van der Waals surface area contributed by atoms with Crippen molar-refractivity contribution in [2.45, 2.75) is 64.1 Å². The molecule has 2 aromatic heterocycles. The summed E-state index contributed by atoms with van der Waals surface area (Å²) in [5.74, 6) is 0.116. The molecule has 2 unspecified atom stereocenters. The predicted octanol–water partition coefficient (Wildman–Crippen LogP) is 3.82. The number of benzene rings is 1. The molecule has 5 rings (SSSR count). The van der Waals surface area contributed by atoms with Gasteiger partial charge in [-0.1, -0.05) is 41.1 Å². The number of halogens is 1. The SMILES string of the molecule is Cc1ccccc1Cn1nnc2c1CCC(c1cnn(C3CCCCO3)c(=O)c1Cl)C2. The molecular weight excluding hydrogens is 414 g/mol. The lowest BCUT2D eigenvalue weighted by Crippen LogP contribution is -2.32. The molecule has 2 atom stereocenters. The van der Waals surface area contributed by atoms with E-state index in [1.54, 1.807) is 6.20 Å². The second kappa shape index (κ2) is 8.55. The number of ether oxygens (including phenoxy) is 1. The maximum absolute atomic E-state index is 12.9. The minimum atomic E-state index is -0.313. The second-order valence-corrected chi connectivity index (χ2v) is 8.87. The lowest BCUT2D eigenvalue weighted by molar-refractivity contribution is -0.0425. The van der Waals surface area contributed by atoms with Crippen LogP contribution in [0, 0.1) is 6.92 Å². The summed E-state index contributed by atoms with van der Waals surface area (Å²) in [6.45, 7) is 3.49. The molecular formula is C23H26ClN5O2. The summed E-state index contributed by atoms with van der Waals surface area (Å²) in [6.07, 6.45) is 6.73. The third-order valence-electron chi connectivity index (χ3n) is 6.51. The molecule has 1 aliphatic heterocycles. The van der Waals surface area contributed by atoms with E-state index in [0.717, 1.165) is 49.9 Å². The number of hydrogen-bond acceptors (Lipinski definition) is 5. The second-order valence-electron chi connectivity index (χ2n) is 8.49. The number of rotatable bonds is 4. The van der Waals surface area contributed by atoms with Gasteiger partial charge in [-0.25, -0.2) is 4.68 Å². The van der Waals surface area contributed by atoms with Gasteiger partial charge in [0.25, 0.3) is 5.56 Å². The smallest absolute Gasteiger partial charge is 0.288 e. The molecule has 0 saturated carbocycles. The Morgan fingerprint density at radius 3 is 2.90 bits per heavy atom. The fourth-order valence-electron chi connectivity index (χ4n) is 4.65. The van der Waals surface area contributed by atoms with Gasteiger partial charge < -0.3 is 4.74 Å². The van der Waals surface area contributed by atoms with Crippen molar-refractivity contribution in [1.29, 1.82) is 0 Å². The maximum atomic E-state index is 12.9. The Balaban J connectivity index is 1.36. The minimum absolute atomic E-state index is 0.116. The predicted molar refractivity (Wildman–Crippen MR) is 117 cm³/mol. The third-order valence-corrected chi connectivity index (χ3v) is 6.89. The highest BCUT2D eigenvalue weighted by atomic mass is 35.5. The molecule has 3 heterocycles. The largest absolute Gasteiger partial charge is 0.356 e. The van der Waals surface area contributed by atoms with E-state index in [1.807, 2.05) is 10.7 Å². The summed E-state index contributed by atoms with van der Waals surface area (Å²) < 4.78 is 9.12. The van der Waals surface area contributed by atoms with Gasteiger partial charge in [0.15, 0.2) is 6.23 Å². The fourth-order valence-corrected chi connectivity index (χ4v) is 4.94. The van der Waals surface area contributed by atoms with Gasteiger partial charge in [-0.15, -0.1) is 5.10 Å². The standard InChI is InChI=1S/C23H26ClN5O2/c1-15-6-2-3-7-17(15)14-28-20-10-9-16(12-19(20)26-27-28)18-13-25-29(23(30)22(18)24)21-8-4-5-11-31-21/h2-3,6-7,13,16,21H,4-5,8-12,14H2,1H3. The number of fused-ring (bicyclic) bond motifs is 1. The summed E-state index contributed by atoms with van der Waals surface area (Å²) in [5.41, 5.74) is 5.20. The molecule has 7 nitrogen and oxygen atoms in total. The zero-order valence-electron chi connectivity index (χ0n) is 17.6. The van der Waals surface area contributed by atoms with Crippen LogP contribution >= 0.6 is 11.6 Å². The van der Waals surface area contributed by atoms with Crippen molar-refractivity contribution in [3.05, 3.63) is 73.9 Å². The Morgan fingerprint density at radius 2 is 2.10 bits per heavy atom. The van der Waals surface area contributed by atoms with Gasteiger partial charge >= 0.3 is 0 Å². The van der Waals surface area contributed by atoms with Crippen LogP contribution in [0.25, 0.3) is 0 Å². The van der Waals surface area contributed by atoms with E-state index in [2.05, 4.69) is 40.5 Å². The molecule has 2 aliphatic rings. The molecule has 1 saturated heterocycles. The first-order chi connectivity index (χ1) is 15.1. The van der Waals surface area contributed by atoms with Crippen LogP contribution in [-0.2, 0) is 24.1 Å². The average Bonchev–Trinajstić information content (AvgIpc) is 3.20.